The molecule has 1 amide bonds. The third-order valence-electron chi connectivity index (χ3n) is 8.15. The second kappa shape index (κ2) is 11.8. The fourth-order valence-corrected chi connectivity index (χ4v) is 6.24. The first-order valence-electron chi connectivity index (χ1n) is 13.8. The number of para-hydroxylation sites is 1. The highest BCUT2D eigenvalue weighted by molar-refractivity contribution is 5.92. The van der Waals surface area contributed by atoms with Gasteiger partial charge in [-0.25, -0.2) is 0 Å². The number of allylic oxidation sites excluding steroid dienone is 1. The molecule has 2 fully saturated rings. The van der Waals surface area contributed by atoms with E-state index in [-0.39, 0.29) is 24.3 Å². The molecule has 1 aromatic heterocycles. The van der Waals surface area contributed by atoms with Crippen LogP contribution in [0.15, 0.2) is 46.8 Å². The number of aliphatic hydroxyl groups is 1. The maximum absolute atomic E-state index is 13.7. The van der Waals surface area contributed by atoms with Gasteiger partial charge in [0.05, 0.1) is 6.26 Å². The second-order valence-electron chi connectivity index (χ2n) is 10.3. The number of likely N-dealkylation sites (tertiary alicyclic amines) is 2. The van der Waals surface area contributed by atoms with Gasteiger partial charge < -0.3 is 28.8 Å². The maximum Gasteiger partial charge on any atom is 0.288 e. The number of carbonyl (C=O) groups excluding carboxylic acids is 1. The number of nitrogens with zero attached hydrogens (tertiary/aromatic N) is 2. The molecule has 0 spiro atoms. The smallest absolute Gasteiger partial charge is 0.288 e. The standard InChI is InChI=1S/C29H40N2O5/c1-2-34-29-23(10-8-18-32)24(25-20-35-26-11-5-4-9-22(25)26)19-27(36-29)28(33)31-16-12-21(13-17-31)30-14-6-3-7-15-30/h4-5,9,11,19-21,23-24,29,32H,2-3,6-8,10,12-18H2,1H3/t23-,24+,29-/m1/s1. The SMILES string of the molecule is CCO[C@@H]1OC(C(=O)N2CCC(N3CCCCC3)CC2)=C[C@H](c2coc3ccccc23)[C@H]1CCCO. The molecule has 36 heavy (non-hydrogen) atoms. The normalized spacial score (nSPS) is 26.1. The van der Waals surface area contributed by atoms with E-state index in [1.165, 1.54) is 32.4 Å². The number of amides is 1. The van der Waals surface area contributed by atoms with Crippen molar-refractivity contribution in [1.82, 2.24) is 9.80 Å². The van der Waals surface area contributed by atoms with Crippen LogP contribution in [0, 0.1) is 5.92 Å². The van der Waals surface area contributed by atoms with Crippen molar-refractivity contribution in [2.24, 2.45) is 5.92 Å². The van der Waals surface area contributed by atoms with E-state index < -0.39 is 6.29 Å². The van der Waals surface area contributed by atoms with Crippen LogP contribution in [-0.4, -0.2) is 72.5 Å². The Labute approximate surface area is 214 Å². The van der Waals surface area contributed by atoms with Crippen molar-refractivity contribution in [3.63, 3.8) is 0 Å². The molecule has 1 N–H and O–H groups in total. The molecule has 3 aliphatic rings. The first-order chi connectivity index (χ1) is 17.7. The van der Waals surface area contributed by atoms with E-state index in [1.54, 1.807) is 6.26 Å². The van der Waals surface area contributed by atoms with Crippen LogP contribution in [0.3, 0.4) is 0 Å². The monoisotopic (exact) mass is 496 g/mol. The summed E-state index contributed by atoms with van der Waals surface area (Å²) in [5.74, 6) is 0.199. The number of ether oxygens (including phenoxy) is 2. The topological polar surface area (TPSA) is 75.4 Å². The quantitative estimate of drug-likeness (QED) is 0.573. The highest BCUT2D eigenvalue weighted by Gasteiger charge is 2.40. The summed E-state index contributed by atoms with van der Waals surface area (Å²) in [6.45, 7) is 6.44. The third kappa shape index (κ3) is 5.34. The maximum atomic E-state index is 13.7. The van der Waals surface area contributed by atoms with E-state index in [0.29, 0.717) is 24.8 Å². The van der Waals surface area contributed by atoms with Crippen LogP contribution >= 0.6 is 0 Å². The van der Waals surface area contributed by atoms with E-state index in [1.807, 2.05) is 36.1 Å². The Hall–Kier alpha value is -2.35. The molecule has 4 heterocycles. The Morgan fingerprint density at radius 3 is 2.64 bits per heavy atom. The molecule has 2 saturated heterocycles. The molecule has 0 unspecified atom stereocenters. The molecule has 196 valence electrons. The summed E-state index contributed by atoms with van der Waals surface area (Å²) in [7, 11) is 0. The number of hydrogen-bond donors (Lipinski definition) is 1. The van der Waals surface area contributed by atoms with Crippen molar-refractivity contribution < 1.29 is 23.8 Å². The minimum absolute atomic E-state index is 0.0282. The van der Waals surface area contributed by atoms with Crippen molar-refractivity contribution in [3.05, 3.63) is 47.9 Å². The Morgan fingerprint density at radius 1 is 1.11 bits per heavy atom. The van der Waals surface area contributed by atoms with Gasteiger partial charge in [0.15, 0.2) is 5.76 Å². The predicted octanol–water partition coefficient (Wildman–Crippen LogP) is 4.66. The minimum atomic E-state index is -0.546. The molecule has 1 aromatic carbocycles. The van der Waals surface area contributed by atoms with Gasteiger partial charge in [0.2, 0.25) is 6.29 Å². The van der Waals surface area contributed by atoms with Gasteiger partial charge in [0.25, 0.3) is 5.91 Å². The van der Waals surface area contributed by atoms with E-state index in [9.17, 15) is 9.90 Å². The molecule has 0 aliphatic carbocycles. The summed E-state index contributed by atoms with van der Waals surface area (Å²) >= 11 is 0. The third-order valence-corrected chi connectivity index (χ3v) is 8.15. The lowest BCUT2D eigenvalue weighted by Crippen LogP contribution is -2.49. The zero-order valence-corrected chi connectivity index (χ0v) is 21.4. The van der Waals surface area contributed by atoms with Crippen LogP contribution < -0.4 is 0 Å². The molecule has 3 aliphatic heterocycles. The summed E-state index contributed by atoms with van der Waals surface area (Å²) in [5.41, 5.74) is 1.87. The van der Waals surface area contributed by atoms with E-state index in [0.717, 1.165) is 48.9 Å². The number of rotatable bonds is 8. The van der Waals surface area contributed by atoms with Crippen molar-refractivity contribution in [2.75, 3.05) is 39.4 Å². The average Bonchev–Trinajstić information content (AvgIpc) is 3.36. The molecule has 0 radical (unpaired) electrons. The average molecular weight is 497 g/mol. The summed E-state index contributed by atoms with van der Waals surface area (Å²) in [6.07, 6.45) is 10.6. The van der Waals surface area contributed by atoms with Gasteiger partial charge >= 0.3 is 0 Å². The van der Waals surface area contributed by atoms with E-state index >= 15 is 0 Å². The molecule has 0 saturated carbocycles. The van der Waals surface area contributed by atoms with Gasteiger partial charge in [-0.15, -0.1) is 0 Å². The number of benzene rings is 1. The summed E-state index contributed by atoms with van der Waals surface area (Å²) in [6, 6.07) is 8.57. The summed E-state index contributed by atoms with van der Waals surface area (Å²) in [5, 5.41) is 10.6. The first-order valence-corrected chi connectivity index (χ1v) is 13.8. The Kier molecular flexibility index (Phi) is 8.29. The minimum Gasteiger partial charge on any atom is -0.464 e. The number of aliphatic hydroxyl groups excluding tert-OH is 1. The zero-order chi connectivity index (χ0) is 24.9. The zero-order valence-electron chi connectivity index (χ0n) is 21.4. The molecular formula is C29H40N2O5. The lowest BCUT2D eigenvalue weighted by molar-refractivity contribution is -0.170. The number of piperidine rings is 2. The van der Waals surface area contributed by atoms with Crippen LogP contribution in [0.1, 0.15) is 63.4 Å². The van der Waals surface area contributed by atoms with Crippen LogP contribution in [0.25, 0.3) is 11.0 Å². The Balaban J connectivity index is 1.38. The van der Waals surface area contributed by atoms with Crippen molar-refractivity contribution in [1.29, 1.82) is 0 Å². The number of furan rings is 1. The Bertz CT molecular complexity index is 1040. The van der Waals surface area contributed by atoms with Crippen LogP contribution in [-0.2, 0) is 14.3 Å². The van der Waals surface area contributed by atoms with E-state index in [4.69, 9.17) is 13.9 Å². The molecular weight excluding hydrogens is 456 g/mol. The molecule has 5 rings (SSSR count). The van der Waals surface area contributed by atoms with Gasteiger partial charge in [0, 0.05) is 55.1 Å². The summed E-state index contributed by atoms with van der Waals surface area (Å²) in [4.78, 5) is 18.3. The fourth-order valence-electron chi connectivity index (χ4n) is 6.24. The van der Waals surface area contributed by atoms with Gasteiger partial charge in [-0.05, 0) is 70.7 Å². The van der Waals surface area contributed by atoms with Crippen molar-refractivity contribution in [2.45, 2.75) is 70.1 Å². The van der Waals surface area contributed by atoms with Gasteiger partial charge in [-0.3, -0.25) is 4.79 Å². The van der Waals surface area contributed by atoms with Gasteiger partial charge in [0.1, 0.15) is 5.58 Å². The largest absolute Gasteiger partial charge is 0.464 e. The van der Waals surface area contributed by atoms with Crippen LogP contribution in [0.2, 0.25) is 0 Å². The fraction of sp³-hybridized carbons (Fsp3) is 0.621. The number of hydrogen-bond acceptors (Lipinski definition) is 6. The lowest BCUT2D eigenvalue weighted by atomic mass is 9.80. The molecule has 7 heteroatoms. The highest BCUT2D eigenvalue weighted by Crippen LogP contribution is 2.42. The highest BCUT2D eigenvalue weighted by atomic mass is 16.7. The lowest BCUT2D eigenvalue weighted by Gasteiger charge is -2.41. The van der Waals surface area contributed by atoms with Crippen LogP contribution in [0.5, 0.6) is 0 Å². The van der Waals surface area contributed by atoms with Gasteiger partial charge in [-0.2, -0.15) is 0 Å². The van der Waals surface area contributed by atoms with Crippen molar-refractivity contribution >= 4 is 16.9 Å². The first kappa shape index (κ1) is 25.3. The summed E-state index contributed by atoms with van der Waals surface area (Å²) < 4.78 is 18.2. The molecule has 7 nitrogen and oxygen atoms in total. The number of fused-ring (bicyclic) bond motifs is 1. The second-order valence-corrected chi connectivity index (χ2v) is 10.3. The van der Waals surface area contributed by atoms with Crippen molar-refractivity contribution in [3.8, 4) is 0 Å². The van der Waals surface area contributed by atoms with Gasteiger partial charge in [-0.1, -0.05) is 24.6 Å². The van der Waals surface area contributed by atoms with Crippen LogP contribution in [0.4, 0.5) is 0 Å². The van der Waals surface area contributed by atoms with E-state index in [2.05, 4.69) is 11.0 Å². The number of carbonyl (C=O) groups is 1. The molecule has 0 bridgehead atoms. The molecule has 2 aromatic rings. The molecule has 3 atom stereocenters. The Morgan fingerprint density at radius 2 is 1.89 bits per heavy atom. The predicted molar refractivity (Wildman–Crippen MR) is 138 cm³/mol.